The Labute approximate surface area is 85.5 Å². The highest BCUT2D eigenvalue weighted by Crippen LogP contribution is 2.34. The van der Waals surface area contributed by atoms with Crippen molar-refractivity contribution in [2.75, 3.05) is 13.2 Å². The summed E-state index contributed by atoms with van der Waals surface area (Å²) in [4.78, 5) is 10.7. The fourth-order valence-corrected chi connectivity index (χ4v) is 1.36. The zero-order valence-electron chi connectivity index (χ0n) is 7.69. The van der Waals surface area contributed by atoms with Crippen molar-refractivity contribution < 1.29 is 19.4 Å². The van der Waals surface area contributed by atoms with Gasteiger partial charge in [-0.05, 0) is 12.1 Å². The molecule has 5 heteroatoms. The predicted octanol–water partition coefficient (Wildman–Crippen LogP) is 1.03. The highest BCUT2D eigenvalue weighted by atomic mass is 16.6. The monoisotopic (exact) mass is 205 g/mol. The Hall–Kier alpha value is -2.22. The number of hydrogen-bond acceptors (Lipinski definition) is 4. The molecule has 15 heavy (non-hydrogen) atoms. The number of fused-ring (bicyclic) bond motifs is 1. The lowest BCUT2D eigenvalue weighted by Crippen LogP contribution is -2.17. The molecule has 0 unspecified atom stereocenters. The SMILES string of the molecule is N#Cc1cc(C(=O)O)cc2c1OCCO2. The molecule has 0 spiro atoms. The van der Waals surface area contributed by atoms with E-state index in [1.165, 1.54) is 12.1 Å². The van der Waals surface area contributed by atoms with Crippen LogP contribution in [0.4, 0.5) is 0 Å². The molecular formula is C10H7NO4. The summed E-state index contributed by atoms with van der Waals surface area (Å²) in [6, 6.07) is 4.51. The average molecular weight is 205 g/mol. The van der Waals surface area contributed by atoms with Crippen molar-refractivity contribution in [2.24, 2.45) is 0 Å². The number of rotatable bonds is 1. The maximum Gasteiger partial charge on any atom is 0.335 e. The third kappa shape index (κ3) is 1.57. The molecule has 0 saturated carbocycles. The molecule has 0 amide bonds. The third-order valence-corrected chi connectivity index (χ3v) is 2.01. The molecule has 0 radical (unpaired) electrons. The van der Waals surface area contributed by atoms with Crippen LogP contribution in [-0.2, 0) is 0 Å². The van der Waals surface area contributed by atoms with Gasteiger partial charge in [-0.3, -0.25) is 0 Å². The molecule has 1 aliphatic heterocycles. The van der Waals surface area contributed by atoms with Gasteiger partial charge in [0, 0.05) is 0 Å². The Morgan fingerprint density at radius 1 is 1.40 bits per heavy atom. The van der Waals surface area contributed by atoms with Crippen molar-refractivity contribution in [1.29, 1.82) is 5.26 Å². The molecule has 0 atom stereocenters. The molecule has 0 aliphatic carbocycles. The first-order valence-corrected chi connectivity index (χ1v) is 4.29. The number of carboxylic acid groups (broad SMARTS) is 1. The van der Waals surface area contributed by atoms with Gasteiger partial charge in [0.15, 0.2) is 11.5 Å². The second-order valence-corrected chi connectivity index (χ2v) is 2.96. The van der Waals surface area contributed by atoms with Crippen LogP contribution >= 0.6 is 0 Å². The predicted molar refractivity (Wildman–Crippen MR) is 49.1 cm³/mol. The minimum atomic E-state index is -1.09. The fourth-order valence-electron chi connectivity index (χ4n) is 1.36. The first kappa shape index (κ1) is 9.34. The molecule has 1 heterocycles. The molecule has 0 fully saturated rings. The number of benzene rings is 1. The number of nitriles is 1. The molecule has 1 aromatic carbocycles. The van der Waals surface area contributed by atoms with Crippen molar-refractivity contribution in [3.05, 3.63) is 23.3 Å². The fraction of sp³-hybridized carbons (Fsp3) is 0.200. The molecule has 0 bridgehead atoms. The van der Waals surface area contributed by atoms with Gasteiger partial charge in [0.2, 0.25) is 0 Å². The van der Waals surface area contributed by atoms with E-state index in [-0.39, 0.29) is 11.1 Å². The summed E-state index contributed by atoms with van der Waals surface area (Å²) in [5.74, 6) is -0.449. The second kappa shape index (κ2) is 3.50. The van der Waals surface area contributed by atoms with Gasteiger partial charge in [0.1, 0.15) is 19.3 Å². The van der Waals surface area contributed by atoms with Crippen LogP contribution in [0.25, 0.3) is 0 Å². The normalized spacial score (nSPS) is 13.0. The third-order valence-electron chi connectivity index (χ3n) is 2.01. The molecule has 0 saturated heterocycles. The van der Waals surface area contributed by atoms with Gasteiger partial charge < -0.3 is 14.6 Å². The van der Waals surface area contributed by atoms with Gasteiger partial charge in [-0.2, -0.15) is 5.26 Å². The Morgan fingerprint density at radius 3 is 2.80 bits per heavy atom. The standard InChI is InChI=1S/C10H7NO4/c11-5-7-3-6(10(12)13)4-8-9(7)15-2-1-14-8/h3-4H,1-2H2,(H,12,13). The van der Waals surface area contributed by atoms with Crippen LogP contribution in [0.15, 0.2) is 12.1 Å². The summed E-state index contributed by atoms with van der Waals surface area (Å²) < 4.78 is 10.5. The summed E-state index contributed by atoms with van der Waals surface area (Å²) in [6.07, 6.45) is 0. The lowest BCUT2D eigenvalue weighted by Gasteiger charge is -2.19. The van der Waals surface area contributed by atoms with Gasteiger partial charge in [0.05, 0.1) is 11.1 Å². The number of carboxylic acids is 1. The summed E-state index contributed by atoms with van der Waals surface area (Å²) in [5, 5.41) is 17.6. The molecule has 1 N–H and O–H groups in total. The average Bonchev–Trinajstić information content (AvgIpc) is 2.27. The Kier molecular flexibility index (Phi) is 2.18. The van der Waals surface area contributed by atoms with Gasteiger partial charge in [-0.25, -0.2) is 4.79 Å². The van der Waals surface area contributed by atoms with Gasteiger partial charge >= 0.3 is 5.97 Å². The zero-order valence-corrected chi connectivity index (χ0v) is 7.69. The first-order valence-electron chi connectivity index (χ1n) is 4.29. The number of carbonyl (C=O) groups is 1. The summed E-state index contributed by atoms with van der Waals surface area (Å²) in [7, 11) is 0. The van der Waals surface area contributed by atoms with Crippen LogP contribution in [-0.4, -0.2) is 24.3 Å². The minimum Gasteiger partial charge on any atom is -0.486 e. The van der Waals surface area contributed by atoms with E-state index in [0.29, 0.717) is 24.7 Å². The van der Waals surface area contributed by atoms with Gasteiger partial charge in [-0.15, -0.1) is 0 Å². The molecule has 0 aromatic heterocycles. The largest absolute Gasteiger partial charge is 0.486 e. The van der Waals surface area contributed by atoms with Crippen molar-refractivity contribution in [1.82, 2.24) is 0 Å². The molecule has 5 nitrogen and oxygen atoms in total. The van der Waals surface area contributed by atoms with Crippen molar-refractivity contribution in [3.63, 3.8) is 0 Å². The second-order valence-electron chi connectivity index (χ2n) is 2.96. The van der Waals surface area contributed by atoms with Crippen LogP contribution in [0.1, 0.15) is 15.9 Å². The molecule has 2 rings (SSSR count). The molecule has 1 aliphatic rings. The maximum atomic E-state index is 10.7. The van der Waals surface area contributed by atoms with E-state index in [1.807, 2.05) is 6.07 Å². The lowest BCUT2D eigenvalue weighted by atomic mass is 10.1. The maximum absolute atomic E-state index is 10.7. The summed E-state index contributed by atoms with van der Waals surface area (Å²) in [5.41, 5.74) is 0.209. The Morgan fingerprint density at radius 2 is 2.13 bits per heavy atom. The van der Waals surface area contributed by atoms with Crippen LogP contribution < -0.4 is 9.47 Å². The number of aromatic carboxylic acids is 1. The van der Waals surface area contributed by atoms with E-state index in [0.717, 1.165) is 0 Å². The number of ether oxygens (including phenoxy) is 2. The van der Waals surface area contributed by atoms with Crippen molar-refractivity contribution in [3.8, 4) is 17.6 Å². The lowest BCUT2D eigenvalue weighted by molar-refractivity contribution is 0.0695. The van der Waals surface area contributed by atoms with Crippen molar-refractivity contribution in [2.45, 2.75) is 0 Å². The van der Waals surface area contributed by atoms with Gasteiger partial charge in [-0.1, -0.05) is 0 Å². The van der Waals surface area contributed by atoms with E-state index in [4.69, 9.17) is 19.8 Å². The van der Waals surface area contributed by atoms with Crippen molar-refractivity contribution >= 4 is 5.97 Å². The number of nitrogens with zero attached hydrogens (tertiary/aromatic N) is 1. The highest BCUT2D eigenvalue weighted by molar-refractivity contribution is 5.89. The Balaban J connectivity index is 2.59. The first-order chi connectivity index (χ1) is 7.22. The minimum absolute atomic E-state index is 0.0239. The highest BCUT2D eigenvalue weighted by Gasteiger charge is 2.19. The van der Waals surface area contributed by atoms with E-state index in [9.17, 15) is 4.79 Å². The van der Waals surface area contributed by atoms with Crippen LogP contribution in [0.5, 0.6) is 11.5 Å². The van der Waals surface area contributed by atoms with Gasteiger partial charge in [0.25, 0.3) is 0 Å². The molecular weight excluding hydrogens is 198 g/mol. The van der Waals surface area contributed by atoms with Crippen LogP contribution in [0.3, 0.4) is 0 Å². The summed E-state index contributed by atoms with van der Waals surface area (Å²) in [6.45, 7) is 0.731. The van der Waals surface area contributed by atoms with E-state index in [2.05, 4.69) is 0 Å². The van der Waals surface area contributed by atoms with E-state index in [1.54, 1.807) is 0 Å². The van der Waals surface area contributed by atoms with E-state index < -0.39 is 5.97 Å². The molecule has 76 valence electrons. The molecule has 1 aromatic rings. The number of hydrogen-bond donors (Lipinski definition) is 1. The van der Waals surface area contributed by atoms with Crippen LogP contribution in [0.2, 0.25) is 0 Å². The van der Waals surface area contributed by atoms with Crippen LogP contribution in [0, 0.1) is 11.3 Å². The quantitative estimate of drug-likeness (QED) is 0.740. The summed E-state index contributed by atoms with van der Waals surface area (Å²) >= 11 is 0. The topological polar surface area (TPSA) is 79.6 Å². The van der Waals surface area contributed by atoms with E-state index >= 15 is 0 Å². The zero-order chi connectivity index (χ0) is 10.8. The Bertz CT molecular complexity index is 461. The smallest absolute Gasteiger partial charge is 0.335 e.